The lowest BCUT2D eigenvalue weighted by Gasteiger charge is -2.32. The number of carbonyl (C=O) groups excluding carboxylic acids is 1. The minimum Gasteiger partial charge on any atom is -0.497 e. The van der Waals surface area contributed by atoms with E-state index in [0.29, 0.717) is 37.9 Å². The van der Waals surface area contributed by atoms with E-state index in [9.17, 15) is 9.59 Å². The van der Waals surface area contributed by atoms with Crippen molar-refractivity contribution in [3.05, 3.63) is 72.6 Å². The number of anilines is 1. The average Bonchev–Trinajstić information content (AvgIpc) is 3.52. The van der Waals surface area contributed by atoms with Crippen LogP contribution in [0.15, 0.2) is 55.8 Å². The van der Waals surface area contributed by atoms with Gasteiger partial charge in [-0.3, -0.25) is 9.36 Å². The number of ether oxygens (including phenoxy) is 3. The Labute approximate surface area is 230 Å². The number of nitrogens with zero attached hydrogens (tertiary/aromatic N) is 4. The van der Waals surface area contributed by atoms with Crippen LogP contribution in [-0.2, 0) is 9.53 Å². The lowest BCUT2D eigenvalue weighted by atomic mass is 9.95. The van der Waals surface area contributed by atoms with Crippen LogP contribution in [0.3, 0.4) is 0 Å². The van der Waals surface area contributed by atoms with Gasteiger partial charge in [-0.05, 0) is 45.2 Å². The third kappa shape index (κ3) is 5.11. The van der Waals surface area contributed by atoms with Gasteiger partial charge in [-0.15, -0.1) is 0 Å². The molecule has 1 fully saturated rings. The number of fused-ring (bicyclic) bond motifs is 1. The van der Waals surface area contributed by atoms with Crippen molar-refractivity contribution in [1.82, 2.24) is 9.47 Å². The van der Waals surface area contributed by atoms with Crippen LogP contribution in [0.5, 0.6) is 11.5 Å². The number of methoxy groups -OCH3 is 2. The van der Waals surface area contributed by atoms with Crippen molar-refractivity contribution in [2.75, 3.05) is 59.0 Å². The van der Waals surface area contributed by atoms with E-state index in [1.165, 1.54) is 15.9 Å². The van der Waals surface area contributed by atoms with E-state index in [4.69, 9.17) is 18.6 Å². The standard InChI is InChI=1S/C28H32N4O6S/c1-6-37-27(34)24-17(2)29-28-32(25(24)20-15-18(35-4)7-9-21(20)36-5)26(33)22(39-28)16-19-8-10-23(38-19)31-13-11-30(3)12-14-31/h7-10,15-16,25H,6,11-14H2,1-5H3/b22-16-/t25-/m1/s1. The number of thiazole rings is 1. The topological polar surface area (TPSA) is 98.7 Å². The Kier molecular flexibility index (Phi) is 7.62. The van der Waals surface area contributed by atoms with Gasteiger partial charge < -0.3 is 28.4 Å². The molecule has 2 aliphatic rings. The van der Waals surface area contributed by atoms with Gasteiger partial charge in [0.1, 0.15) is 23.3 Å². The third-order valence-electron chi connectivity index (χ3n) is 6.95. The lowest BCUT2D eigenvalue weighted by molar-refractivity contribution is -0.139. The number of aromatic nitrogens is 1. The first-order chi connectivity index (χ1) is 18.8. The van der Waals surface area contributed by atoms with Crippen molar-refractivity contribution in [3.63, 3.8) is 0 Å². The number of likely N-dealkylation sites (N-methyl/N-ethyl adjacent to an activating group) is 1. The molecule has 4 heterocycles. The van der Waals surface area contributed by atoms with Crippen molar-refractivity contribution >= 4 is 29.3 Å². The molecule has 1 saturated heterocycles. The second-order valence-corrected chi connectivity index (χ2v) is 10.4. The normalized spacial score (nSPS) is 18.1. The summed E-state index contributed by atoms with van der Waals surface area (Å²) in [5.41, 5.74) is 1.06. The fourth-order valence-electron chi connectivity index (χ4n) is 4.88. The predicted molar refractivity (Wildman–Crippen MR) is 148 cm³/mol. The largest absolute Gasteiger partial charge is 0.497 e. The molecule has 0 bridgehead atoms. The average molecular weight is 553 g/mol. The minimum atomic E-state index is -0.815. The maximum Gasteiger partial charge on any atom is 0.338 e. The number of benzene rings is 1. The van der Waals surface area contributed by atoms with Crippen LogP contribution in [0.2, 0.25) is 0 Å². The van der Waals surface area contributed by atoms with Crippen LogP contribution in [0.1, 0.15) is 31.2 Å². The SMILES string of the molecule is CCOC(=O)C1=C(C)N=c2s/c(=C\c3ccc(N4CCN(C)CC4)o3)c(=O)n2[C@@H]1c1cc(OC)ccc1OC. The van der Waals surface area contributed by atoms with Gasteiger partial charge in [0.15, 0.2) is 10.7 Å². The Morgan fingerprint density at radius 1 is 1.15 bits per heavy atom. The van der Waals surface area contributed by atoms with Crippen LogP contribution in [0, 0.1) is 0 Å². The highest BCUT2D eigenvalue weighted by molar-refractivity contribution is 7.07. The Morgan fingerprint density at radius 3 is 2.62 bits per heavy atom. The fourth-order valence-corrected chi connectivity index (χ4v) is 5.91. The molecule has 0 radical (unpaired) electrons. The number of piperazine rings is 1. The maximum atomic E-state index is 13.9. The first-order valence-electron chi connectivity index (χ1n) is 12.8. The molecule has 2 aromatic heterocycles. The lowest BCUT2D eigenvalue weighted by Crippen LogP contribution is -2.44. The summed E-state index contributed by atoms with van der Waals surface area (Å²) >= 11 is 1.24. The number of carbonyl (C=O) groups is 1. The zero-order valence-corrected chi connectivity index (χ0v) is 23.5. The van der Waals surface area contributed by atoms with Gasteiger partial charge in [0.2, 0.25) is 0 Å². The molecule has 2 aliphatic heterocycles. The Balaban J connectivity index is 1.63. The Hall–Kier alpha value is -3.83. The molecule has 1 atom stereocenters. The molecule has 0 aliphatic carbocycles. The Bertz CT molecular complexity index is 1590. The van der Waals surface area contributed by atoms with Gasteiger partial charge in [0, 0.05) is 43.9 Å². The van der Waals surface area contributed by atoms with Crippen LogP contribution < -0.4 is 29.3 Å². The third-order valence-corrected chi connectivity index (χ3v) is 7.93. The second kappa shape index (κ2) is 11.1. The molecule has 0 unspecified atom stereocenters. The molecule has 0 N–H and O–H groups in total. The van der Waals surface area contributed by atoms with Gasteiger partial charge in [-0.2, -0.15) is 0 Å². The highest BCUT2D eigenvalue weighted by atomic mass is 32.1. The summed E-state index contributed by atoms with van der Waals surface area (Å²) in [6, 6.07) is 8.27. The maximum absolute atomic E-state index is 13.9. The number of hydrogen-bond acceptors (Lipinski definition) is 10. The molecule has 5 rings (SSSR count). The zero-order valence-electron chi connectivity index (χ0n) is 22.7. The molecule has 0 saturated carbocycles. The molecule has 1 aromatic carbocycles. The van der Waals surface area contributed by atoms with Crippen molar-refractivity contribution < 1.29 is 23.4 Å². The van der Waals surface area contributed by atoms with E-state index >= 15 is 0 Å². The van der Waals surface area contributed by atoms with Gasteiger partial charge >= 0.3 is 5.97 Å². The fraction of sp³-hybridized carbons (Fsp3) is 0.393. The highest BCUT2D eigenvalue weighted by Crippen LogP contribution is 2.37. The van der Waals surface area contributed by atoms with Gasteiger partial charge in [-0.25, -0.2) is 9.79 Å². The van der Waals surface area contributed by atoms with E-state index in [1.54, 1.807) is 52.3 Å². The molecule has 11 heteroatoms. The number of hydrogen-bond donors (Lipinski definition) is 0. The van der Waals surface area contributed by atoms with E-state index < -0.39 is 12.0 Å². The van der Waals surface area contributed by atoms with Crippen molar-refractivity contribution in [2.45, 2.75) is 19.9 Å². The smallest absolute Gasteiger partial charge is 0.338 e. The first kappa shape index (κ1) is 26.8. The number of allylic oxidation sites excluding steroid dienone is 1. The monoisotopic (exact) mass is 552 g/mol. The van der Waals surface area contributed by atoms with Gasteiger partial charge in [0.25, 0.3) is 5.56 Å². The first-order valence-corrected chi connectivity index (χ1v) is 13.6. The van der Waals surface area contributed by atoms with Crippen molar-refractivity contribution in [3.8, 4) is 11.5 Å². The highest BCUT2D eigenvalue weighted by Gasteiger charge is 2.35. The minimum absolute atomic E-state index is 0.191. The van der Waals surface area contributed by atoms with Crippen LogP contribution in [0.25, 0.3) is 6.08 Å². The molecule has 0 amide bonds. The molecule has 10 nitrogen and oxygen atoms in total. The number of esters is 1. The molecule has 0 spiro atoms. The molecule has 206 valence electrons. The quantitative estimate of drug-likeness (QED) is 0.412. The van der Waals surface area contributed by atoms with E-state index in [2.05, 4.69) is 21.8 Å². The summed E-state index contributed by atoms with van der Waals surface area (Å²) in [7, 11) is 5.21. The van der Waals surface area contributed by atoms with Gasteiger partial charge in [-0.1, -0.05) is 11.3 Å². The summed E-state index contributed by atoms with van der Waals surface area (Å²) < 4.78 is 24.5. The van der Waals surface area contributed by atoms with Crippen molar-refractivity contribution in [2.24, 2.45) is 4.99 Å². The summed E-state index contributed by atoms with van der Waals surface area (Å²) in [6.07, 6.45) is 1.73. The molecular formula is C28H32N4O6S. The summed E-state index contributed by atoms with van der Waals surface area (Å²) in [5, 5.41) is 0. The van der Waals surface area contributed by atoms with Crippen molar-refractivity contribution in [1.29, 1.82) is 0 Å². The summed E-state index contributed by atoms with van der Waals surface area (Å²) in [4.78, 5) is 36.7. The summed E-state index contributed by atoms with van der Waals surface area (Å²) in [5.74, 6) is 1.89. The molecular weight excluding hydrogens is 520 g/mol. The van der Waals surface area contributed by atoms with Crippen LogP contribution in [0.4, 0.5) is 5.88 Å². The predicted octanol–water partition coefficient (Wildman–Crippen LogP) is 2.16. The Morgan fingerprint density at radius 2 is 1.92 bits per heavy atom. The van der Waals surface area contributed by atoms with Gasteiger partial charge in [0.05, 0.1) is 36.6 Å². The van der Waals surface area contributed by atoms with E-state index in [-0.39, 0.29) is 17.7 Å². The second-order valence-electron chi connectivity index (χ2n) is 9.38. The summed E-state index contributed by atoms with van der Waals surface area (Å²) in [6.45, 7) is 7.36. The van der Waals surface area contributed by atoms with E-state index in [0.717, 1.165) is 32.1 Å². The van der Waals surface area contributed by atoms with Crippen LogP contribution in [-0.4, -0.2) is 69.5 Å². The molecule has 3 aromatic rings. The van der Waals surface area contributed by atoms with E-state index in [1.807, 2.05) is 12.1 Å². The van der Waals surface area contributed by atoms with Crippen LogP contribution >= 0.6 is 11.3 Å². The zero-order chi connectivity index (χ0) is 27.7. The number of furan rings is 1. The molecule has 39 heavy (non-hydrogen) atoms. The number of rotatable bonds is 7.